The highest BCUT2D eigenvalue weighted by Crippen LogP contribution is 2.21. The van der Waals surface area contributed by atoms with Crippen molar-refractivity contribution < 1.29 is 14.3 Å². The maximum absolute atomic E-state index is 12.4. The Bertz CT molecular complexity index is 746. The van der Waals surface area contributed by atoms with E-state index < -0.39 is 6.04 Å². The molecule has 3 rings (SSSR count). The lowest BCUT2D eigenvalue weighted by atomic mass is 10.2. The monoisotopic (exact) mass is 339 g/mol. The maximum atomic E-state index is 12.4. The first-order valence-corrected chi connectivity index (χ1v) is 8.11. The van der Waals surface area contributed by atoms with Crippen LogP contribution < -0.4 is 10.1 Å². The van der Waals surface area contributed by atoms with E-state index in [1.54, 1.807) is 19.0 Å². The first-order chi connectivity index (χ1) is 12.0. The SMILES string of the molecule is CN1CC(C(=O)N(C)Cc2ccc(Oc3ccccc3)cc2)NC1=O. The number of amides is 3. The normalized spacial score (nSPS) is 16.5. The van der Waals surface area contributed by atoms with Crippen molar-refractivity contribution in [2.45, 2.75) is 12.6 Å². The van der Waals surface area contributed by atoms with Gasteiger partial charge in [-0.05, 0) is 29.8 Å². The van der Waals surface area contributed by atoms with Crippen LogP contribution in [0.2, 0.25) is 0 Å². The van der Waals surface area contributed by atoms with E-state index in [-0.39, 0.29) is 11.9 Å². The summed E-state index contributed by atoms with van der Waals surface area (Å²) >= 11 is 0. The van der Waals surface area contributed by atoms with E-state index in [9.17, 15) is 9.59 Å². The quantitative estimate of drug-likeness (QED) is 0.910. The lowest BCUT2D eigenvalue weighted by Gasteiger charge is -2.20. The number of urea groups is 1. The minimum absolute atomic E-state index is 0.0951. The molecule has 0 aromatic heterocycles. The van der Waals surface area contributed by atoms with Crippen molar-refractivity contribution in [2.75, 3.05) is 20.6 Å². The molecule has 3 amide bonds. The summed E-state index contributed by atoms with van der Waals surface area (Å²) in [5, 5.41) is 2.68. The molecule has 1 atom stereocenters. The van der Waals surface area contributed by atoms with Gasteiger partial charge in [-0.25, -0.2) is 4.79 Å². The highest BCUT2D eigenvalue weighted by Gasteiger charge is 2.32. The van der Waals surface area contributed by atoms with Crippen molar-refractivity contribution in [3.8, 4) is 11.5 Å². The van der Waals surface area contributed by atoms with Crippen molar-refractivity contribution in [3.05, 3.63) is 60.2 Å². The van der Waals surface area contributed by atoms with Gasteiger partial charge in [0.2, 0.25) is 5.91 Å². The molecule has 25 heavy (non-hydrogen) atoms. The molecular formula is C19H21N3O3. The molecule has 0 radical (unpaired) electrons. The Kier molecular flexibility index (Phi) is 4.88. The Morgan fingerprint density at radius 3 is 2.40 bits per heavy atom. The molecule has 6 nitrogen and oxygen atoms in total. The largest absolute Gasteiger partial charge is 0.457 e. The molecule has 1 N–H and O–H groups in total. The number of carbonyl (C=O) groups is 2. The van der Waals surface area contributed by atoms with Crippen LogP contribution in [0.5, 0.6) is 11.5 Å². The number of carbonyl (C=O) groups excluding carboxylic acids is 2. The van der Waals surface area contributed by atoms with Crippen molar-refractivity contribution >= 4 is 11.9 Å². The van der Waals surface area contributed by atoms with E-state index in [2.05, 4.69) is 5.32 Å². The van der Waals surface area contributed by atoms with Gasteiger partial charge < -0.3 is 19.9 Å². The molecule has 2 aromatic rings. The molecule has 1 aliphatic rings. The van der Waals surface area contributed by atoms with Gasteiger partial charge in [0, 0.05) is 20.6 Å². The highest BCUT2D eigenvalue weighted by molar-refractivity contribution is 5.90. The Balaban J connectivity index is 1.57. The molecule has 1 heterocycles. The molecule has 2 aromatic carbocycles. The molecule has 0 spiro atoms. The van der Waals surface area contributed by atoms with E-state index in [1.165, 1.54) is 4.90 Å². The van der Waals surface area contributed by atoms with E-state index in [1.807, 2.05) is 54.6 Å². The van der Waals surface area contributed by atoms with Crippen LogP contribution in [0.25, 0.3) is 0 Å². The topological polar surface area (TPSA) is 61.9 Å². The molecular weight excluding hydrogens is 318 g/mol. The second-order valence-corrected chi connectivity index (χ2v) is 6.14. The zero-order valence-electron chi connectivity index (χ0n) is 14.3. The number of nitrogens with zero attached hydrogens (tertiary/aromatic N) is 2. The van der Waals surface area contributed by atoms with E-state index >= 15 is 0 Å². The number of para-hydroxylation sites is 1. The van der Waals surface area contributed by atoms with Gasteiger partial charge in [0.25, 0.3) is 0 Å². The molecule has 6 heteroatoms. The minimum Gasteiger partial charge on any atom is -0.457 e. The van der Waals surface area contributed by atoms with Crippen LogP contribution in [0.1, 0.15) is 5.56 Å². The predicted octanol–water partition coefficient (Wildman–Crippen LogP) is 2.46. The van der Waals surface area contributed by atoms with Crippen molar-refractivity contribution in [1.82, 2.24) is 15.1 Å². The molecule has 1 fully saturated rings. The number of ether oxygens (including phenoxy) is 1. The standard InChI is InChI=1S/C19H21N3O3/c1-21(18(23)17-13-22(2)19(24)20-17)12-14-8-10-16(11-9-14)25-15-6-4-3-5-7-15/h3-11,17H,12-13H2,1-2H3,(H,20,24). The second kappa shape index (κ2) is 7.25. The molecule has 0 saturated carbocycles. The average molecular weight is 339 g/mol. The fourth-order valence-electron chi connectivity index (χ4n) is 2.71. The lowest BCUT2D eigenvalue weighted by molar-refractivity contribution is -0.132. The number of hydrogen-bond donors (Lipinski definition) is 1. The smallest absolute Gasteiger partial charge is 0.317 e. The average Bonchev–Trinajstić information content (AvgIpc) is 2.96. The Morgan fingerprint density at radius 1 is 1.16 bits per heavy atom. The van der Waals surface area contributed by atoms with Crippen LogP contribution in [0.4, 0.5) is 4.79 Å². The summed E-state index contributed by atoms with van der Waals surface area (Å²) in [4.78, 5) is 27.0. The van der Waals surface area contributed by atoms with Gasteiger partial charge in [-0.15, -0.1) is 0 Å². The zero-order valence-corrected chi connectivity index (χ0v) is 14.3. The summed E-state index contributed by atoms with van der Waals surface area (Å²) in [5.41, 5.74) is 0.994. The van der Waals surface area contributed by atoms with Gasteiger partial charge in [0.05, 0.1) is 6.54 Å². The zero-order chi connectivity index (χ0) is 17.8. The van der Waals surface area contributed by atoms with Gasteiger partial charge in [-0.1, -0.05) is 30.3 Å². The van der Waals surface area contributed by atoms with E-state index in [4.69, 9.17) is 4.74 Å². The fourth-order valence-corrected chi connectivity index (χ4v) is 2.71. The minimum atomic E-state index is -0.483. The second-order valence-electron chi connectivity index (χ2n) is 6.14. The van der Waals surface area contributed by atoms with Crippen LogP contribution >= 0.6 is 0 Å². The van der Waals surface area contributed by atoms with Crippen LogP contribution in [0.3, 0.4) is 0 Å². The van der Waals surface area contributed by atoms with Gasteiger partial charge in [-0.3, -0.25) is 4.79 Å². The maximum Gasteiger partial charge on any atom is 0.317 e. The number of benzene rings is 2. The summed E-state index contributed by atoms with van der Waals surface area (Å²) in [5.74, 6) is 1.43. The number of rotatable bonds is 5. The van der Waals surface area contributed by atoms with Crippen LogP contribution in [0.15, 0.2) is 54.6 Å². The Morgan fingerprint density at radius 2 is 1.80 bits per heavy atom. The lowest BCUT2D eigenvalue weighted by Crippen LogP contribution is -2.43. The van der Waals surface area contributed by atoms with Crippen molar-refractivity contribution in [3.63, 3.8) is 0 Å². The van der Waals surface area contributed by atoms with Gasteiger partial charge in [0.1, 0.15) is 17.5 Å². The van der Waals surface area contributed by atoms with Crippen LogP contribution in [0, 0.1) is 0 Å². The van der Waals surface area contributed by atoms with Gasteiger partial charge in [0.15, 0.2) is 0 Å². The van der Waals surface area contributed by atoms with Gasteiger partial charge >= 0.3 is 6.03 Å². The van der Waals surface area contributed by atoms with Crippen LogP contribution in [-0.2, 0) is 11.3 Å². The van der Waals surface area contributed by atoms with E-state index in [0.717, 1.165) is 17.1 Å². The summed E-state index contributed by atoms with van der Waals surface area (Å²) in [6.45, 7) is 0.867. The third kappa shape index (κ3) is 4.09. The molecule has 1 aliphatic heterocycles. The Labute approximate surface area is 147 Å². The van der Waals surface area contributed by atoms with Crippen molar-refractivity contribution in [1.29, 1.82) is 0 Å². The summed E-state index contributed by atoms with van der Waals surface area (Å²) in [7, 11) is 3.41. The third-order valence-electron chi connectivity index (χ3n) is 4.10. The number of hydrogen-bond acceptors (Lipinski definition) is 3. The molecule has 0 aliphatic carbocycles. The first kappa shape index (κ1) is 16.8. The fraction of sp³-hybridized carbons (Fsp3) is 0.263. The molecule has 0 bridgehead atoms. The summed E-state index contributed by atoms with van der Waals surface area (Å²) in [6.07, 6.45) is 0. The number of likely N-dealkylation sites (N-methyl/N-ethyl adjacent to an activating group) is 2. The highest BCUT2D eigenvalue weighted by atomic mass is 16.5. The van der Waals surface area contributed by atoms with E-state index in [0.29, 0.717) is 13.1 Å². The third-order valence-corrected chi connectivity index (χ3v) is 4.10. The van der Waals surface area contributed by atoms with Gasteiger partial charge in [-0.2, -0.15) is 0 Å². The van der Waals surface area contributed by atoms with Crippen molar-refractivity contribution in [2.24, 2.45) is 0 Å². The molecule has 1 saturated heterocycles. The summed E-state index contributed by atoms with van der Waals surface area (Å²) in [6, 6.07) is 16.5. The molecule has 130 valence electrons. The summed E-state index contributed by atoms with van der Waals surface area (Å²) < 4.78 is 5.76. The predicted molar refractivity (Wildman–Crippen MR) is 94.4 cm³/mol. The first-order valence-electron chi connectivity index (χ1n) is 8.11. The Hall–Kier alpha value is -3.02. The van der Waals surface area contributed by atoms with Crippen LogP contribution in [-0.4, -0.2) is 48.4 Å². The molecule has 1 unspecified atom stereocenters. The number of nitrogens with one attached hydrogen (secondary N) is 1.